The fourth-order valence-corrected chi connectivity index (χ4v) is 1.50. The minimum Gasteiger partial charge on any atom is -0.388 e. The van der Waals surface area contributed by atoms with Crippen LogP contribution in [0.3, 0.4) is 0 Å². The van der Waals surface area contributed by atoms with Crippen molar-refractivity contribution >= 4 is 5.84 Å². The van der Waals surface area contributed by atoms with E-state index in [-0.39, 0.29) is 0 Å². The zero-order valence-corrected chi connectivity index (χ0v) is 10.0. The van der Waals surface area contributed by atoms with Gasteiger partial charge in [-0.1, -0.05) is 13.8 Å². The van der Waals surface area contributed by atoms with Gasteiger partial charge in [0.25, 0.3) is 0 Å². The molecular formula is C11H25N3. The predicted octanol–water partition coefficient (Wildman–Crippen LogP) is 2.07. The lowest BCUT2D eigenvalue weighted by Crippen LogP contribution is -2.35. The normalized spacial score (nSPS) is 11.6. The van der Waals surface area contributed by atoms with Gasteiger partial charge in [-0.05, 0) is 32.7 Å². The molecule has 0 aliphatic heterocycles. The molecule has 0 aromatic rings. The highest BCUT2D eigenvalue weighted by Crippen LogP contribution is 2.05. The van der Waals surface area contributed by atoms with Gasteiger partial charge < -0.3 is 10.6 Å². The van der Waals surface area contributed by atoms with Gasteiger partial charge in [-0.2, -0.15) is 0 Å². The molecule has 0 aromatic carbocycles. The van der Waals surface area contributed by atoms with E-state index in [9.17, 15) is 0 Å². The third-order valence-electron chi connectivity index (χ3n) is 2.22. The first-order valence-corrected chi connectivity index (χ1v) is 5.50. The summed E-state index contributed by atoms with van der Waals surface area (Å²) in [5, 5.41) is 7.15. The maximum absolute atomic E-state index is 7.15. The molecule has 0 fully saturated rings. The average Bonchev–Trinajstić information content (AvgIpc) is 2.00. The van der Waals surface area contributed by atoms with Gasteiger partial charge in [-0.3, -0.25) is 5.41 Å². The Morgan fingerprint density at radius 1 is 1.29 bits per heavy atom. The number of hydrogen-bond donors (Lipinski definition) is 2. The van der Waals surface area contributed by atoms with Gasteiger partial charge in [0.2, 0.25) is 0 Å². The zero-order valence-electron chi connectivity index (χ0n) is 10.0. The molecular weight excluding hydrogens is 174 g/mol. The summed E-state index contributed by atoms with van der Waals surface area (Å²) < 4.78 is 0. The van der Waals surface area contributed by atoms with Crippen LogP contribution in [0.4, 0.5) is 0 Å². The lowest BCUT2D eigenvalue weighted by molar-refractivity contribution is 0.196. The molecule has 0 saturated heterocycles. The van der Waals surface area contributed by atoms with Crippen LogP contribution in [-0.4, -0.2) is 29.9 Å². The molecule has 3 heteroatoms. The minimum atomic E-state index is 0.304. The van der Waals surface area contributed by atoms with Crippen molar-refractivity contribution in [1.82, 2.24) is 4.90 Å². The van der Waals surface area contributed by atoms with Crippen LogP contribution in [0.5, 0.6) is 0 Å². The highest BCUT2D eigenvalue weighted by Gasteiger charge is 2.10. The molecule has 84 valence electrons. The number of nitrogens with two attached hydrogens (primary N) is 1. The standard InChI is InChI=1S/C11H25N3/c1-9(2)8-14(10(3)4)7-5-6-11(12)13/h9-10H,5-8H2,1-4H3,(H3,12,13). The van der Waals surface area contributed by atoms with E-state index < -0.39 is 0 Å². The number of rotatable bonds is 7. The van der Waals surface area contributed by atoms with Crippen LogP contribution in [0.15, 0.2) is 0 Å². The van der Waals surface area contributed by atoms with Crippen molar-refractivity contribution in [2.75, 3.05) is 13.1 Å². The van der Waals surface area contributed by atoms with Crippen molar-refractivity contribution in [2.45, 2.75) is 46.6 Å². The molecule has 3 nitrogen and oxygen atoms in total. The Bertz CT molecular complexity index is 164. The van der Waals surface area contributed by atoms with Crippen LogP contribution < -0.4 is 5.73 Å². The Hall–Kier alpha value is -0.570. The molecule has 0 unspecified atom stereocenters. The van der Waals surface area contributed by atoms with Gasteiger partial charge in [-0.25, -0.2) is 0 Å². The molecule has 0 aliphatic rings. The Morgan fingerprint density at radius 3 is 2.21 bits per heavy atom. The van der Waals surface area contributed by atoms with Crippen LogP contribution in [0, 0.1) is 11.3 Å². The molecule has 0 heterocycles. The largest absolute Gasteiger partial charge is 0.388 e. The van der Waals surface area contributed by atoms with E-state index in [0.717, 1.165) is 25.9 Å². The molecule has 0 radical (unpaired) electrons. The lowest BCUT2D eigenvalue weighted by Gasteiger charge is -2.28. The molecule has 0 bridgehead atoms. The average molecular weight is 199 g/mol. The first-order chi connectivity index (χ1) is 6.43. The smallest absolute Gasteiger partial charge is 0.0905 e. The summed E-state index contributed by atoms with van der Waals surface area (Å²) in [7, 11) is 0. The summed E-state index contributed by atoms with van der Waals surface area (Å²) in [5.74, 6) is 1.01. The Balaban J connectivity index is 3.79. The highest BCUT2D eigenvalue weighted by atomic mass is 15.1. The Kier molecular flexibility index (Phi) is 6.54. The number of nitrogens with zero attached hydrogens (tertiary/aromatic N) is 1. The molecule has 0 aromatic heterocycles. The van der Waals surface area contributed by atoms with Gasteiger partial charge in [0.05, 0.1) is 5.84 Å². The zero-order chi connectivity index (χ0) is 11.1. The summed E-state index contributed by atoms with van der Waals surface area (Å²) in [4.78, 5) is 2.45. The van der Waals surface area contributed by atoms with Crippen LogP contribution in [0.1, 0.15) is 40.5 Å². The third-order valence-corrected chi connectivity index (χ3v) is 2.22. The summed E-state index contributed by atoms with van der Waals surface area (Å²) in [5.41, 5.74) is 5.32. The lowest BCUT2D eigenvalue weighted by atomic mass is 10.1. The van der Waals surface area contributed by atoms with E-state index in [2.05, 4.69) is 32.6 Å². The van der Waals surface area contributed by atoms with Crippen molar-refractivity contribution in [3.8, 4) is 0 Å². The van der Waals surface area contributed by atoms with E-state index in [0.29, 0.717) is 17.8 Å². The second-order valence-electron chi connectivity index (χ2n) is 4.61. The van der Waals surface area contributed by atoms with Gasteiger partial charge >= 0.3 is 0 Å². The second kappa shape index (κ2) is 6.82. The van der Waals surface area contributed by atoms with Gasteiger partial charge in [0, 0.05) is 19.0 Å². The van der Waals surface area contributed by atoms with Crippen LogP contribution >= 0.6 is 0 Å². The first kappa shape index (κ1) is 13.4. The fourth-order valence-electron chi connectivity index (χ4n) is 1.50. The van der Waals surface area contributed by atoms with Gasteiger partial charge in [0.15, 0.2) is 0 Å². The van der Waals surface area contributed by atoms with Crippen molar-refractivity contribution in [1.29, 1.82) is 5.41 Å². The number of nitrogens with one attached hydrogen (secondary N) is 1. The Labute approximate surface area is 88.2 Å². The minimum absolute atomic E-state index is 0.304. The molecule has 0 spiro atoms. The van der Waals surface area contributed by atoms with E-state index >= 15 is 0 Å². The van der Waals surface area contributed by atoms with E-state index in [1.54, 1.807) is 0 Å². The highest BCUT2D eigenvalue weighted by molar-refractivity contribution is 5.76. The van der Waals surface area contributed by atoms with Gasteiger partial charge in [0.1, 0.15) is 0 Å². The van der Waals surface area contributed by atoms with Gasteiger partial charge in [-0.15, -0.1) is 0 Å². The predicted molar refractivity (Wildman–Crippen MR) is 62.7 cm³/mol. The van der Waals surface area contributed by atoms with E-state index in [4.69, 9.17) is 11.1 Å². The topological polar surface area (TPSA) is 53.1 Å². The monoisotopic (exact) mass is 199 g/mol. The van der Waals surface area contributed by atoms with E-state index in [1.165, 1.54) is 0 Å². The SMILES string of the molecule is CC(C)CN(CCCC(=N)N)C(C)C. The van der Waals surface area contributed by atoms with Crippen LogP contribution in [0.25, 0.3) is 0 Å². The van der Waals surface area contributed by atoms with Crippen molar-refractivity contribution in [2.24, 2.45) is 11.7 Å². The fraction of sp³-hybridized carbons (Fsp3) is 0.909. The maximum atomic E-state index is 7.15. The van der Waals surface area contributed by atoms with Crippen molar-refractivity contribution < 1.29 is 0 Å². The first-order valence-electron chi connectivity index (χ1n) is 5.50. The maximum Gasteiger partial charge on any atom is 0.0905 e. The number of hydrogen-bond acceptors (Lipinski definition) is 2. The quantitative estimate of drug-likeness (QED) is 0.487. The van der Waals surface area contributed by atoms with Crippen molar-refractivity contribution in [3.63, 3.8) is 0 Å². The van der Waals surface area contributed by atoms with Crippen molar-refractivity contribution in [3.05, 3.63) is 0 Å². The van der Waals surface area contributed by atoms with Crippen LogP contribution in [-0.2, 0) is 0 Å². The third kappa shape index (κ3) is 6.89. The molecule has 0 rings (SSSR count). The second-order valence-corrected chi connectivity index (χ2v) is 4.61. The summed E-state index contributed by atoms with van der Waals surface area (Å²) in [6.07, 6.45) is 1.72. The van der Waals surface area contributed by atoms with Crippen LogP contribution in [0.2, 0.25) is 0 Å². The summed E-state index contributed by atoms with van der Waals surface area (Å²) in [6.45, 7) is 11.1. The molecule has 0 aliphatic carbocycles. The summed E-state index contributed by atoms with van der Waals surface area (Å²) in [6, 6.07) is 0.587. The molecule has 3 N–H and O–H groups in total. The van der Waals surface area contributed by atoms with E-state index in [1.807, 2.05) is 0 Å². The summed E-state index contributed by atoms with van der Waals surface area (Å²) >= 11 is 0. The molecule has 0 atom stereocenters. The molecule has 0 amide bonds. The molecule has 14 heavy (non-hydrogen) atoms. The number of amidine groups is 1. The Morgan fingerprint density at radius 2 is 1.86 bits per heavy atom. The molecule has 0 saturated carbocycles.